The smallest absolute Gasteiger partial charge is 0.252 e. The molecule has 0 aliphatic heterocycles. The predicted molar refractivity (Wildman–Crippen MR) is 80.9 cm³/mol. The molecule has 0 saturated heterocycles. The highest BCUT2D eigenvalue weighted by atomic mass is 79.9. The second kappa shape index (κ2) is 6.67. The first-order chi connectivity index (χ1) is 9.97. The average molecular weight is 355 g/mol. The van der Waals surface area contributed by atoms with E-state index < -0.39 is 5.82 Å². The molecule has 0 aliphatic rings. The lowest BCUT2D eigenvalue weighted by molar-refractivity contribution is 0.0953. The zero-order chi connectivity index (χ0) is 15.4. The number of nitrogens with two attached hydrogens (primary N) is 1. The van der Waals surface area contributed by atoms with E-state index in [1.54, 1.807) is 12.1 Å². The van der Waals surface area contributed by atoms with E-state index in [0.29, 0.717) is 17.4 Å². The Hall–Kier alpha value is -1.95. The number of nitrogen functional groups attached to an aromatic ring is 1. The molecule has 0 unspecified atom stereocenters. The summed E-state index contributed by atoms with van der Waals surface area (Å²) in [6, 6.07) is 8.59. The van der Waals surface area contributed by atoms with Crippen LogP contribution in [0.3, 0.4) is 0 Å². The number of amides is 1. The minimum atomic E-state index is -0.585. The van der Waals surface area contributed by atoms with Crippen LogP contribution in [0.15, 0.2) is 40.9 Å². The molecule has 0 aromatic heterocycles. The van der Waals surface area contributed by atoms with Crippen molar-refractivity contribution in [2.45, 2.75) is 6.42 Å². The Morgan fingerprint density at radius 3 is 2.71 bits per heavy atom. The van der Waals surface area contributed by atoms with Gasteiger partial charge < -0.3 is 11.1 Å². The molecular weight excluding hydrogens is 342 g/mol. The first-order valence-corrected chi connectivity index (χ1v) is 7.04. The molecule has 1 amide bonds. The number of hydrogen-bond acceptors (Lipinski definition) is 2. The second-order valence-electron chi connectivity index (χ2n) is 4.49. The van der Waals surface area contributed by atoms with E-state index in [2.05, 4.69) is 21.2 Å². The zero-order valence-corrected chi connectivity index (χ0v) is 12.6. The van der Waals surface area contributed by atoms with E-state index in [1.165, 1.54) is 18.2 Å². The maximum absolute atomic E-state index is 13.2. The maximum atomic E-state index is 13.2. The van der Waals surface area contributed by atoms with Crippen LogP contribution in [-0.4, -0.2) is 12.5 Å². The van der Waals surface area contributed by atoms with Gasteiger partial charge in [-0.05, 0) is 52.2 Å². The molecule has 0 heterocycles. The van der Waals surface area contributed by atoms with Crippen LogP contribution in [0, 0.1) is 11.6 Å². The van der Waals surface area contributed by atoms with Crippen molar-refractivity contribution in [1.82, 2.24) is 5.32 Å². The molecular formula is C15H13BrF2N2O. The van der Waals surface area contributed by atoms with Crippen molar-refractivity contribution in [1.29, 1.82) is 0 Å². The van der Waals surface area contributed by atoms with Crippen molar-refractivity contribution < 1.29 is 13.6 Å². The number of carbonyl (C=O) groups excluding carboxylic acids is 1. The van der Waals surface area contributed by atoms with Crippen molar-refractivity contribution in [3.8, 4) is 0 Å². The van der Waals surface area contributed by atoms with Crippen molar-refractivity contribution in [3.05, 3.63) is 63.6 Å². The van der Waals surface area contributed by atoms with Crippen LogP contribution >= 0.6 is 15.9 Å². The summed E-state index contributed by atoms with van der Waals surface area (Å²) in [5, 5.41) is 2.69. The van der Waals surface area contributed by atoms with Crippen molar-refractivity contribution in [2.75, 3.05) is 12.3 Å². The Morgan fingerprint density at radius 2 is 2.00 bits per heavy atom. The fourth-order valence-electron chi connectivity index (χ4n) is 1.85. The number of rotatable bonds is 4. The van der Waals surface area contributed by atoms with Crippen LogP contribution < -0.4 is 11.1 Å². The topological polar surface area (TPSA) is 55.1 Å². The summed E-state index contributed by atoms with van der Waals surface area (Å²) in [6.07, 6.45) is 0.498. The molecule has 0 atom stereocenters. The van der Waals surface area contributed by atoms with Gasteiger partial charge in [0.15, 0.2) is 0 Å². The number of carbonyl (C=O) groups is 1. The lowest BCUT2D eigenvalue weighted by Crippen LogP contribution is -2.26. The Morgan fingerprint density at radius 1 is 1.24 bits per heavy atom. The van der Waals surface area contributed by atoms with Crippen molar-refractivity contribution >= 4 is 27.5 Å². The van der Waals surface area contributed by atoms with E-state index >= 15 is 0 Å². The highest BCUT2D eigenvalue weighted by Gasteiger charge is 2.12. The van der Waals surface area contributed by atoms with E-state index in [9.17, 15) is 13.6 Å². The van der Waals surface area contributed by atoms with Gasteiger partial charge in [-0.25, -0.2) is 8.78 Å². The molecule has 0 bridgehead atoms. The lowest BCUT2D eigenvalue weighted by atomic mass is 10.1. The first kappa shape index (κ1) is 15.4. The van der Waals surface area contributed by atoms with Gasteiger partial charge in [0.1, 0.15) is 11.6 Å². The Bertz CT molecular complexity index is 677. The van der Waals surface area contributed by atoms with E-state index in [0.717, 1.165) is 11.6 Å². The molecule has 110 valence electrons. The largest absolute Gasteiger partial charge is 0.396 e. The third kappa shape index (κ3) is 4.01. The third-order valence-electron chi connectivity index (χ3n) is 2.92. The molecule has 0 fully saturated rings. The number of benzene rings is 2. The Kier molecular flexibility index (Phi) is 4.90. The molecule has 0 radical (unpaired) electrons. The quantitative estimate of drug-likeness (QED) is 0.827. The normalized spacial score (nSPS) is 10.4. The first-order valence-electron chi connectivity index (χ1n) is 6.24. The average Bonchev–Trinajstić information content (AvgIpc) is 2.43. The summed E-state index contributed by atoms with van der Waals surface area (Å²) in [6.45, 7) is 0.339. The highest BCUT2D eigenvalue weighted by molar-refractivity contribution is 9.10. The fraction of sp³-hybridized carbons (Fsp3) is 0.133. The molecule has 2 aromatic rings. The van der Waals surface area contributed by atoms with Crippen molar-refractivity contribution in [3.63, 3.8) is 0 Å². The highest BCUT2D eigenvalue weighted by Crippen LogP contribution is 2.22. The van der Waals surface area contributed by atoms with Crippen LogP contribution in [0.4, 0.5) is 14.5 Å². The molecule has 3 nitrogen and oxygen atoms in total. The summed E-state index contributed by atoms with van der Waals surface area (Å²) in [4.78, 5) is 12.0. The number of hydrogen-bond donors (Lipinski definition) is 2. The SMILES string of the molecule is Nc1cc(C(=O)NCCc2cccc(F)c2)c(Br)cc1F. The van der Waals surface area contributed by atoms with Gasteiger partial charge in [0.2, 0.25) is 0 Å². The summed E-state index contributed by atoms with van der Waals surface area (Å²) in [5.74, 6) is -1.27. The van der Waals surface area contributed by atoms with Crippen LogP contribution in [0.2, 0.25) is 0 Å². The molecule has 0 aliphatic carbocycles. The summed E-state index contributed by atoms with van der Waals surface area (Å²) in [7, 11) is 0. The van der Waals surface area contributed by atoms with Crippen LogP contribution in [0.1, 0.15) is 15.9 Å². The van der Waals surface area contributed by atoms with Crippen LogP contribution in [0.25, 0.3) is 0 Å². The van der Waals surface area contributed by atoms with Gasteiger partial charge >= 0.3 is 0 Å². The molecule has 21 heavy (non-hydrogen) atoms. The Labute approximate surface area is 129 Å². The van der Waals surface area contributed by atoms with E-state index in [1.807, 2.05) is 0 Å². The summed E-state index contributed by atoms with van der Waals surface area (Å²) < 4.78 is 26.6. The van der Waals surface area contributed by atoms with Gasteiger partial charge in [-0.3, -0.25) is 4.79 Å². The van der Waals surface area contributed by atoms with Crippen LogP contribution in [-0.2, 0) is 6.42 Å². The molecule has 2 aromatic carbocycles. The Balaban J connectivity index is 1.98. The van der Waals surface area contributed by atoms with Gasteiger partial charge in [0.05, 0.1) is 11.3 Å². The standard InChI is InChI=1S/C15H13BrF2N2O/c16-12-8-13(18)14(19)7-11(12)15(21)20-5-4-9-2-1-3-10(17)6-9/h1-3,6-8H,4-5,19H2,(H,20,21). The molecule has 0 saturated carbocycles. The number of anilines is 1. The lowest BCUT2D eigenvalue weighted by Gasteiger charge is -2.08. The summed E-state index contributed by atoms with van der Waals surface area (Å²) in [5.41, 5.74) is 6.40. The number of halogens is 3. The monoisotopic (exact) mass is 354 g/mol. The van der Waals surface area contributed by atoms with E-state index in [4.69, 9.17) is 5.73 Å². The van der Waals surface area contributed by atoms with Gasteiger partial charge in [-0.15, -0.1) is 0 Å². The van der Waals surface area contributed by atoms with Crippen LogP contribution in [0.5, 0.6) is 0 Å². The minimum absolute atomic E-state index is 0.0894. The molecule has 6 heteroatoms. The van der Waals surface area contributed by atoms with Crippen molar-refractivity contribution in [2.24, 2.45) is 0 Å². The number of nitrogens with one attached hydrogen (secondary N) is 1. The predicted octanol–water partition coefficient (Wildman–Crippen LogP) is 3.28. The maximum Gasteiger partial charge on any atom is 0.252 e. The fourth-order valence-corrected chi connectivity index (χ4v) is 2.34. The second-order valence-corrected chi connectivity index (χ2v) is 5.34. The van der Waals surface area contributed by atoms with Gasteiger partial charge in [-0.1, -0.05) is 12.1 Å². The van der Waals surface area contributed by atoms with Gasteiger partial charge in [-0.2, -0.15) is 0 Å². The molecule has 3 N–H and O–H groups in total. The van der Waals surface area contributed by atoms with E-state index in [-0.39, 0.29) is 23.0 Å². The zero-order valence-electron chi connectivity index (χ0n) is 11.0. The summed E-state index contributed by atoms with van der Waals surface area (Å²) >= 11 is 3.12. The van der Waals surface area contributed by atoms with Gasteiger partial charge in [0, 0.05) is 11.0 Å². The molecule has 2 rings (SSSR count). The molecule has 0 spiro atoms. The van der Waals surface area contributed by atoms with Gasteiger partial charge in [0.25, 0.3) is 5.91 Å². The third-order valence-corrected chi connectivity index (χ3v) is 3.58. The minimum Gasteiger partial charge on any atom is -0.396 e.